The summed E-state index contributed by atoms with van der Waals surface area (Å²) in [7, 11) is 1.53. The molecule has 0 unspecified atom stereocenters. The molecule has 110 valence electrons. The Morgan fingerprint density at radius 3 is 2.30 bits per heavy atom. The van der Waals surface area contributed by atoms with Gasteiger partial charge in [0, 0.05) is 12.8 Å². The van der Waals surface area contributed by atoms with Gasteiger partial charge in [-0.3, -0.25) is 4.79 Å². The van der Waals surface area contributed by atoms with E-state index >= 15 is 0 Å². The normalized spacial score (nSPS) is 11.2. The van der Waals surface area contributed by atoms with Crippen LogP contribution in [0.15, 0.2) is 24.3 Å². The minimum Gasteiger partial charge on any atom is -0.480 e. The van der Waals surface area contributed by atoms with Gasteiger partial charge in [0.15, 0.2) is 0 Å². The first kappa shape index (κ1) is 16.6. The summed E-state index contributed by atoms with van der Waals surface area (Å²) in [4.78, 5) is 24.4. The number of rotatable bonds is 6. The third-order valence-corrected chi connectivity index (χ3v) is 4.34. The Hall–Kier alpha value is -1.49. The standard InChI is InChI=1S/C15H21NO3S/c1-11-5-7-12(8-6-11)9-20-10-13(17)16(4)15(2,3)14(18)19/h5-8H,9-10H2,1-4H3,(H,18,19). The zero-order valence-corrected chi connectivity index (χ0v) is 13.2. The van der Waals surface area contributed by atoms with E-state index in [9.17, 15) is 9.59 Å². The van der Waals surface area contributed by atoms with Crippen LogP contribution in [0.5, 0.6) is 0 Å². The summed E-state index contributed by atoms with van der Waals surface area (Å²) in [6.07, 6.45) is 0. The minimum absolute atomic E-state index is 0.172. The van der Waals surface area contributed by atoms with Gasteiger partial charge in [-0.1, -0.05) is 29.8 Å². The van der Waals surface area contributed by atoms with Crippen molar-refractivity contribution in [2.75, 3.05) is 12.8 Å². The van der Waals surface area contributed by atoms with Crippen LogP contribution in [0.1, 0.15) is 25.0 Å². The van der Waals surface area contributed by atoms with Crippen LogP contribution in [0, 0.1) is 6.92 Å². The maximum absolute atomic E-state index is 12.0. The summed E-state index contributed by atoms with van der Waals surface area (Å²) in [5, 5.41) is 9.09. The lowest BCUT2D eigenvalue weighted by Gasteiger charge is -2.31. The first-order valence-electron chi connectivity index (χ1n) is 6.38. The molecule has 0 aliphatic carbocycles. The number of likely N-dealkylation sites (N-methyl/N-ethyl adjacent to an activating group) is 1. The Bertz CT molecular complexity index is 482. The zero-order chi connectivity index (χ0) is 15.3. The van der Waals surface area contributed by atoms with Crippen LogP contribution < -0.4 is 0 Å². The number of carboxylic acids is 1. The van der Waals surface area contributed by atoms with Crippen LogP contribution in [0.4, 0.5) is 0 Å². The molecule has 0 heterocycles. The fraction of sp³-hybridized carbons (Fsp3) is 0.467. The first-order chi connectivity index (χ1) is 9.25. The molecular formula is C15H21NO3S. The van der Waals surface area contributed by atoms with Crippen molar-refractivity contribution in [3.63, 3.8) is 0 Å². The largest absolute Gasteiger partial charge is 0.480 e. The third-order valence-electron chi connectivity index (χ3n) is 3.35. The van der Waals surface area contributed by atoms with Gasteiger partial charge in [0.2, 0.25) is 5.91 Å². The highest BCUT2D eigenvalue weighted by Crippen LogP contribution is 2.17. The van der Waals surface area contributed by atoms with E-state index in [1.54, 1.807) is 0 Å². The van der Waals surface area contributed by atoms with Gasteiger partial charge < -0.3 is 10.0 Å². The molecule has 1 N–H and O–H groups in total. The lowest BCUT2D eigenvalue weighted by molar-refractivity contribution is -0.154. The Kier molecular flexibility index (Phi) is 5.62. The number of aliphatic carboxylic acids is 1. The summed E-state index contributed by atoms with van der Waals surface area (Å²) in [6.45, 7) is 5.08. The lowest BCUT2D eigenvalue weighted by Crippen LogP contribution is -2.51. The van der Waals surface area contributed by atoms with Gasteiger partial charge in [-0.25, -0.2) is 4.79 Å². The monoisotopic (exact) mass is 295 g/mol. The predicted molar refractivity (Wildman–Crippen MR) is 81.8 cm³/mol. The summed E-state index contributed by atoms with van der Waals surface area (Å²) in [5.41, 5.74) is 1.19. The van der Waals surface area contributed by atoms with E-state index in [1.165, 1.54) is 43.1 Å². The second-order valence-corrected chi connectivity index (χ2v) is 6.28. The Labute approximate surface area is 124 Å². The van der Waals surface area contributed by atoms with E-state index in [0.29, 0.717) is 0 Å². The fourth-order valence-corrected chi connectivity index (χ4v) is 2.39. The number of benzene rings is 1. The highest BCUT2D eigenvalue weighted by Gasteiger charge is 2.34. The number of hydrogen-bond donors (Lipinski definition) is 1. The molecule has 20 heavy (non-hydrogen) atoms. The average molecular weight is 295 g/mol. The maximum Gasteiger partial charge on any atom is 0.329 e. The van der Waals surface area contributed by atoms with Crippen molar-refractivity contribution < 1.29 is 14.7 Å². The van der Waals surface area contributed by atoms with Crippen molar-refractivity contribution in [2.24, 2.45) is 0 Å². The molecule has 0 atom stereocenters. The lowest BCUT2D eigenvalue weighted by atomic mass is 10.0. The van der Waals surface area contributed by atoms with E-state index in [1.807, 2.05) is 31.2 Å². The smallest absolute Gasteiger partial charge is 0.329 e. The maximum atomic E-state index is 12.0. The molecule has 1 amide bonds. The molecule has 5 heteroatoms. The second-order valence-electron chi connectivity index (χ2n) is 5.30. The van der Waals surface area contributed by atoms with E-state index in [0.717, 1.165) is 11.3 Å². The van der Waals surface area contributed by atoms with Crippen molar-refractivity contribution in [1.29, 1.82) is 0 Å². The van der Waals surface area contributed by atoms with E-state index in [4.69, 9.17) is 5.11 Å². The number of nitrogens with zero attached hydrogens (tertiary/aromatic N) is 1. The number of aryl methyl sites for hydroxylation is 1. The zero-order valence-electron chi connectivity index (χ0n) is 12.3. The van der Waals surface area contributed by atoms with E-state index in [2.05, 4.69) is 0 Å². The number of amides is 1. The SMILES string of the molecule is Cc1ccc(CSCC(=O)N(C)C(C)(C)C(=O)O)cc1. The molecule has 1 aromatic rings. The summed E-state index contributed by atoms with van der Waals surface area (Å²) in [5.74, 6) is -0.152. The van der Waals surface area contributed by atoms with Gasteiger partial charge >= 0.3 is 5.97 Å². The van der Waals surface area contributed by atoms with Gasteiger partial charge in [-0.05, 0) is 26.3 Å². The van der Waals surface area contributed by atoms with Crippen LogP contribution in [-0.4, -0.2) is 40.2 Å². The number of thioether (sulfide) groups is 1. The van der Waals surface area contributed by atoms with Gasteiger partial charge in [0.05, 0.1) is 5.75 Å². The number of carbonyl (C=O) groups is 2. The summed E-state index contributed by atoms with van der Waals surface area (Å²) < 4.78 is 0. The molecule has 0 saturated heterocycles. The molecule has 0 radical (unpaired) electrons. The van der Waals surface area contributed by atoms with Crippen molar-refractivity contribution in [3.05, 3.63) is 35.4 Å². The molecule has 0 aliphatic rings. The second kappa shape index (κ2) is 6.79. The van der Waals surface area contributed by atoms with Crippen LogP contribution >= 0.6 is 11.8 Å². The molecule has 1 aromatic carbocycles. The summed E-state index contributed by atoms with van der Waals surface area (Å²) in [6, 6.07) is 8.16. The van der Waals surface area contributed by atoms with Crippen molar-refractivity contribution in [3.8, 4) is 0 Å². The van der Waals surface area contributed by atoms with Gasteiger partial charge in [0.1, 0.15) is 5.54 Å². The molecule has 0 aromatic heterocycles. The van der Waals surface area contributed by atoms with Crippen molar-refractivity contribution >= 4 is 23.6 Å². The molecule has 0 fully saturated rings. The van der Waals surface area contributed by atoms with E-state index in [-0.39, 0.29) is 11.7 Å². The first-order valence-corrected chi connectivity index (χ1v) is 7.54. The van der Waals surface area contributed by atoms with Crippen molar-refractivity contribution in [2.45, 2.75) is 32.1 Å². The topological polar surface area (TPSA) is 57.6 Å². The molecule has 0 bridgehead atoms. The van der Waals surface area contributed by atoms with Gasteiger partial charge in [0.25, 0.3) is 0 Å². The molecule has 0 saturated carbocycles. The van der Waals surface area contributed by atoms with Crippen LogP contribution in [0.3, 0.4) is 0 Å². The Morgan fingerprint density at radius 1 is 1.25 bits per heavy atom. The molecule has 4 nitrogen and oxygen atoms in total. The molecular weight excluding hydrogens is 274 g/mol. The molecule has 0 spiro atoms. The third kappa shape index (κ3) is 4.27. The van der Waals surface area contributed by atoms with Crippen LogP contribution in [0.2, 0.25) is 0 Å². The minimum atomic E-state index is -1.18. The van der Waals surface area contributed by atoms with Gasteiger partial charge in [-0.2, -0.15) is 0 Å². The Morgan fingerprint density at radius 2 is 1.80 bits per heavy atom. The summed E-state index contributed by atoms with van der Waals surface area (Å²) >= 11 is 1.49. The number of carboxylic acid groups (broad SMARTS) is 1. The average Bonchev–Trinajstić information content (AvgIpc) is 2.39. The van der Waals surface area contributed by atoms with E-state index < -0.39 is 11.5 Å². The highest BCUT2D eigenvalue weighted by atomic mass is 32.2. The molecule has 1 rings (SSSR count). The Balaban J connectivity index is 2.47. The predicted octanol–water partition coefficient (Wildman–Crippen LogP) is 2.55. The highest BCUT2D eigenvalue weighted by molar-refractivity contribution is 7.99. The van der Waals surface area contributed by atoms with Crippen LogP contribution in [-0.2, 0) is 15.3 Å². The van der Waals surface area contributed by atoms with Crippen LogP contribution in [0.25, 0.3) is 0 Å². The van der Waals surface area contributed by atoms with Gasteiger partial charge in [-0.15, -0.1) is 11.8 Å². The molecule has 0 aliphatic heterocycles. The van der Waals surface area contributed by atoms with Crippen molar-refractivity contribution in [1.82, 2.24) is 4.90 Å². The quantitative estimate of drug-likeness (QED) is 0.876. The fourth-order valence-electron chi connectivity index (χ4n) is 1.49. The number of carbonyl (C=O) groups excluding carboxylic acids is 1. The number of hydrogen-bond acceptors (Lipinski definition) is 3.